The zero-order valence-electron chi connectivity index (χ0n) is 8.48. The predicted octanol–water partition coefficient (Wildman–Crippen LogP) is -3.38. The number of carbonyl (C=O) groups excluding carboxylic acids is 1. The quantitative estimate of drug-likeness (QED) is 0.309. The Labute approximate surface area is 106 Å². The minimum Gasteiger partial charge on any atom is -0.748 e. The van der Waals surface area contributed by atoms with E-state index in [-0.39, 0.29) is 29.6 Å². The van der Waals surface area contributed by atoms with Crippen molar-refractivity contribution in [2.45, 2.75) is 19.9 Å². The van der Waals surface area contributed by atoms with E-state index in [0.717, 1.165) is 0 Å². The number of allylic oxidation sites excluding steroid dienone is 1. The van der Waals surface area contributed by atoms with Gasteiger partial charge in [0.1, 0.15) is 0 Å². The molecule has 0 rings (SSSR count). The van der Waals surface area contributed by atoms with Crippen molar-refractivity contribution < 1.29 is 47.3 Å². The first-order valence-corrected chi connectivity index (χ1v) is 5.29. The van der Waals surface area contributed by atoms with E-state index in [1.807, 2.05) is 0 Å². The second kappa shape index (κ2) is 7.42. The molecule has 0 aliphatic heterocycles. The normalized spacial score (nSPS) is 13.4. The van der Waals surface area contributed by atoms with Gasteiger partial charge in [-0.25, -0.2) is 8.42 Å². The van der Waals surface area contributed by atoms with Crippen molar-refractivity contribution in [1.82, 2.24) is 5.32 Å². The van der Waals surface area contributed by atoms with Gasteiger partial charge < -0.3 is 9.87 Å². The molecule has 0 fully saturated rings. The van der Waals surface area contributed by atoms with E-state index >= 15 is 0 Å². The topological polar surface area (TPSA) is 86.3 Å². The zero-order chi connectivity index (χ0) is 10.5. The van der Waals surface area contributed by atoms with Crippen molar-refractivity contribution >= 4 is 16.0 Å². The summed E-state index contributed by atoms with van der Waals surface area (Å²) in [6, 6.07) is -0.661. The molecule has 0 spiro atoms. The summed E-state index contributed by atoms with van der Waals surface area (Å²) in [6.07, 6.45) is 2.78. The maximum Gasteiger partial charge on any atom is 1.00 e. The summed E-state index contributed by atoms with van der Waals surface area (Å²) in [7, 11) is -4.27. The summed E-state index contributed by atoms with van der Waals surface area (Å²) in [5, 5.41) is 2.33. The van der Waals surface area contributed by atoms with E-state index < -0.39 is 27.8 Å². The molecule has 76 valence electrons. The fourth-order valence-electron chi connectivity index (χ4n) is 0.790. The van der Waals surface area contributed by atoms with E-state index in [4.69, 9.17) is 0 Å². The van der Waals surface area contributed by atoms with Crippen LogP contribution in [0, 0.1) is 0 Å². The van der Waals surface area contributed by atoms with Crippen molar-refractivity contribution in [2.75, 3.05) is 5.75 Å². The monoisotopic (exact) mass is 229 g/mol. The number of nitrogens with one attached hydrogen (secondary N) is 1. The largest absolute Gasteiger partial charge is 1.00 e. The Balaban J connectivity index is 0. The predicted molar refractivity (Wildman–Crippen MR) is 47.0 cm³/mol. The van der Waals surface area contributed by atoms with Crippen LogP contribution < -0.4 is 34.9 Å². The van der Waals surface area contributed by atoms with Gasteiger partial charge in [0.15, 0.2) is 0 Å². The first kappa shape index (κ1) is 16.5. The molecule has 0 saturated carbocycles. The Morgan fingerprint density at radius 2 is 2.07 bits per heavy atom. The molecule has 1 N–H and O–H groups in total. The summed E-state index contributed by atoms with van der Waals surface area (Å²) in [4.78, 5) is 10.8. The van der Waals surface area contributed by atoms with Gasteiger partial charge in [0.2, 0.25) is 5.91 Å². The van der Waals surface area contributed by atoms with Crippen LogP contribution in [0.15, 0.2) is 12.2 Å². The molecule has 14 heavy (non-hydrogen) atoms. The van der Waals surface area contributed by atoms with Gasteiger partial charge in [-0.1, -0.05) is 6.08 Å². The SMILES string of the molecule is CC=CC(=O)NC(C)CS(=O)(=O)[O-].[Na+]. The molecule has 1 unspecified atom stereocenters. The Hall–Kier alpha value is 0.120. The van der Waals surface area contributed by atoms with E-state index in [2.05, 4.69) is 5.32 Å². The van der Waals surface area contributed by atoms with Crippen LogP contribution in [-0.4, -0.2) is 30.7 Å². The van der Waals surface area contributed by atoms with Crippen LogP contribution in [0.5, 0.6) is 0 Å². The fourth-order valence-corrected chi connectivity index (χ4v) is 1.49. The average molecular weight is 229 g/mol. The minimum atomic E-state index is -4.27. The van der Waals surface area contributed by atoms with Crippen LogP contribution in [0.4, 0.5) is 0 Å². The molecule has 0 saturated heterocycles. The van der Waals surface area contributed by atoms with Gasteiger partial charge >= 0.3 is 29.6 Å². The summed E-state index contributed by atoms with van der Waals surface area (Å²) in [5.41, 5.74) is 0. The van der Waals surface area contributed by atoms with Crippen molar-refractivity contribution in [3.05, 3.63) is 12.2 Å². The van der Waals surface area contributed by atoms with Gasteiger partial charge in [-0.05, 0) is 19.9 Å². The molecular formula is C7H12NNaO4S. The van der Waals surface area contributed by atoms with Crippen molar-refractivity contribution in [3.8, 4) is 0 Å². The molecule has 0 heterocycles. The molecular weight excluding hydrogens is 217 g/mol. The second-order valence-electron chi connectivity index (χ2n) is 2.63. The van der Waals surface area contributed by atoms with Crippen LogP contribution >= 0.6 is 0 Å². The van der Waals surface area contributed by atoms with Gasteiger partial charge in [0, 0.05) is 6.04 Å². The molecule has 0 radical (unpaired) electrons. The fraction of sp³-hybridized carbons (Fsp3) is 0.571. The molecule has 0 aromatic carbocycles. The Kier molecular flexibility index (Phi) is 8.77. The summed E-state index contributed by atoms with van der Waals surface area (Å²) in [5.74, 6) is -0.991. The second-order valence-corrected chi connectivity index (χ2v) is 4.08. The molecule has 0 bridgehead atoms. The number of hydrogen-bond donors (Lipinski definition) is 1. The smallest absolute Gasteiger partial charge is 0.748 e. The van der Waals surface area contributed by atoms with Crippen molar-refractivity contribution in [2.24, 2.45) is 0 Å². The van der Waals surface area contributed by atoms with Gasteiger partial charge in [-0.15, -0.1) is 0 Å². The standard InChI is InChI=1S/C7H13NO4S.Na/c1-3-4-7(9)8-6(2)5-13(10,11)12;/h3-4,6H,5H2,1-2H3,(H,8,9)(H,10,11,12);/q;+1/p-1. The first-order valence-electron chi connectivity index (χ1n) is 3.72. The molecule has 0 aliphatic carbocycles. The summed E-state index contributed by atoms with van der Waals surface area (Å²) in [6.45, 7) is 3.12. The van der Waals surface area contributed by atoms with Crippen LogP contribution in [-0.2, 0) is 14.9 Å². The van der Waals surface area contributed by atoms with Crippen molar-refractivity contribution in [1.29, 1.82) is 0 Å². The Morgan fingerprint density at radius 3 is 2.43 bits per heavy atom. The van der Waals surface area contributed by atoms with E-state index in [1.165, 1.54) is 19.1 Å². The average Bonchev–Trinajstić information content (AvgIpc) is 1.81. The van der Waals surface area contributed by atoms with E-state index in [1.54, 1.807) is 6.92 Å². The molecule has 0 aromatic heterocycles. The van der Waals surface area contributed by atoms with Gasteiger partial charge in [-0.2, -0.15) is 0 Å². The number of amides is 1. The summed E-state index contributed by atoms with van der Waals surface area (Å²) < 4.78 is 30.8. The molecule has 7 heteroatoms. The number of carbonyl (C=O) groups is 1. The molecule has 0 aliphatic rings. The molecule has 5 nitrogen and oxygen atoms in total. The maximum atomic E-state index is 10.8. The van der Waals surface area contributed by atoms with Crippen LogP contribution in [0.1, 0.15) is 13.8 Å². The Bertz CT molecular complexity index is 299. The van der Waals surface area contributed by atoms with Crippen molar-refractivity contribution in [3.63, 3.8) is 0 Å². The third kappa shape index (κ3) is 10.2. The van der Waals surface area contributed by atoms with E-state index in [0.29, 0.717) is 0 Å². The zero-order valence-corrected chi connectivity index (χ0v) is 11.3. The van der Waals surface area contributed by atoms with Crippen LogP contribution in [0.3, 0.4) is 0 Å². The molecule has 1 atom stereocenters. The van der Waals surface area contributed by atoms with E-state index in [9.17, 15) is 17.8 Å². The Morgan fingerprint density at radius 1 is 1.57 bits per heavy atom. The van der Waals surface area contributed by atoms with Gasteiger partial charge in [0.25, 0.3) is 0 Å². The minimum absolute atomic E-state index is 0. The van der Waals surface area contributed by atoms with Gasteiger partial charge in [-0.3, -0.25) is 4.79 Å². The third-order valence-electron chi connectivity index (χ3n) is 1.16. The van der Waals surface area contributed by atoms with Crippen LogP contribution in [0.25, 0.3) is 0 Å². The maximum absolute atomic E-state index is 10.8. The number of hydrogen-bond acceptors (Lipinski definition) is 4. The summed E-state index contributed by atoms with van der Waals surface area (Å²) >= 11 is 0. The molecule has 1 amide bonds. The van der Waals surface area contributed by atoms with Gasteiger partial charge in [0.05, 0.1) is 15.9 Å². The van der Waals surface area contributed by atoms with Crippen LogP contribution in [0.2, 0.25) is 0 Å². The first-order chi connectivity index (χ1) is 5.85. The third-order valence-corrected chi connectivity index (χ3v) is 2.07. The molecule has 0 aromatic rings. The number of rotatable bonds is 4.